The summed E-state index contributed by atoms with van der Waals surface area (Å²) >= 11 is 0. The molecule has 7 heteroatoms. The number of hydrogen-bond acceptors (Lipinski definition) is 4. The molecule has 0 aromatic carbocycles. The summed E-state index contributed by atoms with van der Waals surface area (Å²) in [5, 5.41) is 13.5. The van der Waals surface area contributed by atoms with Gasteiger partial charge in [0.15, 0.2) is 0 Å². The Bertz CT molecular complexity index is 322. The maximum Gasteiger partial charge on any atom is 0.407 e. The molecule has 0 aliphatic heterocycles. The largest absolute Gasteiger partial charge is 0.480 e. The number of carboxylic acid groups (broad SMARTS) is 1. The monoisotopic (exact) mass is 260 g/mol. The summed E-state index contributed by atoms with van der Waals surface area (Å²) in [7, 11) is 0. The molecule has 0 heterocycles. The Morgan fingerprint density at radius 2 is 1.83 bits per heavy atom. The van der Waals surface area contributed by atoms with Crippen LogP contribution >= 0.6 is 0 Å². The lowest BCUT2D eigenvalue weighted by Gasteiger charge is -2.20. The molecule has 0 unspecified atom stereocenters. The van der Waals surface area contributed by atoms with Crippen LogP contribution in [-0.2, 0) is 14.3 Å². The van der Waals surface area contributed by atoms with Gasteiger partial charge >= 0.3 is 12.1 Å². The van der Waals surface area contributed by atoms with Gasteiger partial charge in [-0.2, -0.15) is 0 Å². The van der Waals surface area contributed by atoms with Crippen molar-refractivity contribution in [3.63, 3.8) is 0 Å². The minimum absolute atomic E-state index is 0.0914. The number of carboxylic acids is 1. The average molecular weight is 260 g/mol. The van der Waals surface area contributed by atoms with Crippen LogP contribution in [0.25, 0.3) is 0 Å². The van der Waals surface area contributed by atoms with Gasteiger partial charge in [0.1, 0.15) is 11.6 Å². The summed E-state index contributed by atoms with van der Waals surface area (Å²) in [5.74, 6) is -1.57. The van der Waals surface area contributed by atoms with Gasteiger partial charge in [-0.1, -0.05) is 0 Å². The number of aliphatic carboxylic acids is 1. The van der Waals surface area contributed by atoms with Crippen LogP contribution in [0.5, 0.6) is 0 Å². The second-order valence-corrected chi connectivity index (χ2v) is 4.81. The first-order valence-corrected chi connectivity index (χ1v) is 5.58. The number of hydrogen-bond donors (Lipinski definition) is 3. The van der Waals surface area contributed by atoms with Gasteiger partial charge in [-0.05, 0) is 27.2 Å². The van der Waals surface area contributed by atoms with E-state index in [0.29, 0.717) is 0 Å². The standard InChI is InChI=1S/C11H20N2O5/c1-7(14)13-8(9(15)16)5-6-12-10(17)18-11(2,3)4/h8H,5-6H2,1-4H3,(H,12,17)(H,13,14)(H,15,16)/t8-/m0/s1. The Hall–Kier alpha value is -1.79. The van der Waals surface area contributed by atoms with Crippen LogP contribution in [0.15, 0.2) is 0 Å². The fraction of sp³-hybridized carbons (Fsp3) is 0.727. The normalized spacial score (nSPS) is 12.4. The fourth-order valence-electron chi connectivity index (χ4n) is 1.14. The van der Waals surface area contributed by atoms with E-state index in [2.05, 4.69) is 10.6 Å². The summed E-state index contributed by atoms with van der Waals surface area (Å²) in [4.78, 5) is 32.8. The molecule has 7 nitrogen and oxygen atoms in total. The van der Waals surface area contributed by atoms with Gasteiger partial charge in [0.05, 0.1) is 0 Å². The highest BCUT2D eigenvalue weighted by molar-refractivity contribution is 5.82. The van der Waals surface area contributed by atoms with E-state index in [0.717, 1.165) is 0 Å². The highest BCUT2D eigenvalue weighted by Crippen LogP contribution is 2.06. The first-order chi connectivity index (χ1) is 8.11. The van der Waals surface area contributed by atoms with Crippen molar-refractivity contribution in [3.05, 3.63) is 0 Å². The summed E-state index contributed by atoms with van der Waals surface area (Å²) in [5.41, 5.74) is -0.603. The minimum Gasteiger partial charge on any atom is -0.480 e. The Kier molecular flexibility index (Phi) is 6.15. The molecule has 0 rings (SSSR count). The zero-order valence-corrected chi connectivity index (χ0v) is 11.1. The van der Waals surface area contributed by atoms with Crippen LogP contribution in [-0.4, -0.2) is 41.3 Å². The first-order valence-electron chi connectivity index (χ1n) is 5.58. The van der Waals surface area contributed by atoms with E-state index in [9.17, 15) is 14.4 Å². The molecule has 0 aromatic heterocycles. The number of nitrogens with one attached hydrogen (secondary N) is 2. The predicted octanol–water partition coefficient (Wildman–Crippen LogP) is 0.491. The van der Waals surface area contributed by atoms with E-state index >= 15 is 0 Å². The number of carbonyl (C=O) groups excluding carboxylic acids is 2. The quantitative estimate of drug-likeness (QED) is 0.667. The third kappa shape index (κ3) is 8.37. The number of amides is 2. The summed E-state index contributed by atoms with van der Waals surface area (Å²) < 4.78 is 4.98. The van der Waals surface area contributed by atoms with E-state index in [1.165, 1.54) is 6.92 Å². The van der Waals surface area contributed by atoms with Gasteiger partial charge in [-0.15, -0.1) is 0 Å². The molecule has 2 amide bonds. The molecule has 104 valence electrons. The van der Waals surface area contributed by atoms with Crippen LogP contribution < -0.4 is 10.6 Å². The van der Waals surface area contributed by atoms with E-state index in [-0.39, 0.29) is 13.0 Å². The summed E-state index contributed by atoms with van der Waals surface area (Å²) in [6, 6.07) is -1.02. The number of alkyl carbamates (subject to hydrolysis) is 1. The molecule has 0 saturated carbocycles. The lowest BCUT2D eigenvalue weighted by Crippen LogP contribution is -2.42. The van der Waals surface area contributed by atoms with Gasteiger partial charge in [0.2, 0.25) is 5.91 Å². The molecule has 0 spiro atoms. The van der Waals surface area contributed by atoms with E-state index in [4.69, 9.17) is 9.84 Å². The molecular weight excluding hydrogens is 240 g/mol. The third-order valence-electron chi connectivity index (χ3n) is 1.78. The van der Waals surface area contributed by atoms with Crippen LogP contribution in [0.4, 0.5) is 4.79 Å². The van der Waals surface area contributed by atoms with E-state index in [1.54, 1.807) is 20.8 Å². The summed E-state index contributed by atoms with van der Waals surface area (Å²) in [6.45, 7) is 6.52. The molecule has 1 atom stereocenters. The van der Waals surface area contributed by atoms with Crippen LogP contribution in [0.1, 0.15) is 34.1 Å². The van der Waals surface area contributed by atoms with E-state index < -0.39 is 29.6 Å². The molecule has 0 radical (unpaired) electrons. The molecule has 0 aromatic rings. The molecule has 0 aliphatic carbocycles. The second kappa shape index (κ2) is 6.83. The zero-order valence-electron chi connectivity index (χ0n) is 11.1. The maximum absolute atomic E-state index is 11.3. The molecule has 18 heavy (non-hydrogen) atoms. The SMILES string of the molecule is CC(=O)N[C@@H](CCNC(=O)OC(C)(C)C)C(=O)O. The maximum atomic E-state index is 11.3. The predicted molar refractivity (Wildman–Crippen MR) is 64.1 cm³/mol. The minimum atomic E-state index is -1.14. The number of rotatable bonds is 5. The van der Waals surface area contributed by atoms with Crippen molar-refractivity contribution in [2.24, 2.45) is 0 Å². The molecule has 0 bridgehead atoms. The molecular formula is C11H20N2O5. The van der Waals surface area contributed by atoms with Crippen LogP contribution in [0, 0.1) is 0 Å². The topological polar surface area (TPSA) is 105 Å². The first kappa shape index (κ1) is 16.2. The van der Waals surface area contributed by atoms with Gasteiger partial charge in [0, 0.05) is 13.5 Å². The number of ether oxygens (including phenoxy) is 1. The van der Waals surface area contributed by atoms with Crippen molar-refractivity contribution in [1.82, 2.24) is 10.6 Å². The smallest absolute Gasteiger partial charge is 0.407 e. The molecule has 0 fully saturated rings. The van der Waals surface area contributed by atoms with Crippen molar-refractivity contribution in [2.75, 3.05) is 6.54 Å². The second-order valence-electron chi connectivity index (χ2n) is 4.81. The average Bonchev–Trinajstić information content (AvgIpc) is 2.12. The van der Waals surface area contributed by atoms with Crippen molar-refractivity contribution in [3.8, 4) is 0 Å². The Morgan fingerprint density at radius 1 is 1.28 bits per heavy atom. The highest BCUT2D eigenvalue weighted by Gasteiger charge is 2.19. The Balaban J connectivity index is 4.03. The lowest BCUT2D eigenvalue weighted by atomic mass is 10.2. The van der Waals surface area contributed by atoms with Crippen LogP contribution in [0.2, 0.25) is 0 Å². The molecule has 0 saturated heterocycles. The number of carbonyl (C=O) groups is 3. The Labute approximate surface area is 106 Å². The fourth-order valence-corrected chi connectivity index (χ4v) is 1.14. The van der Waals surface area contributed by atoms with Gasteiger partial charge in [-0.3, -0.25) is 4.79 Å². The van der Waals surface area contributed by atoms with Crippen molar-refractivity contribution < 1.29 is 24.2 Å². The van der Waals surface area contributed by atoms with Crippen molar-refractivity contribution >= 4 is 18.0 Å². The van der Waals surface area contributed by atoms with Crippen molar-refractivity contribution in [2.45, 2.75) is 45.8 Å². The third-order valence-corrected chi connectivity index (χ3v) is 1.78. The zero-order chi connectivity index (χ0) is 14.3. The van der Waals surface area contributed by atoms with E-state index in [1.807, 2.05) is 0 Å². The summed E-state index contributed by atoms with van der Waals surface area (Å²) in [6.07, 6.45) is -0.525. The van der Waals surface area contributed by atoms with Gasteiger partial charge in [0.25, 0.3) is 0 Å². The van der Waals surface area contributed by atoms with Gasteiger partial charge in [-0.25, -0.2) is 9.59 Å². The lowest BCUT2D eigenvalue weighted by molar-refractivity contribution is -0.141. The van der Waals surface area contributed by atoms with Crippen LogP contribution in [0.3, 0.4) is 0 Å². The molecule has 3 N–H and O–H groups in total. The van der Waals surface area contributed by atoms with Gasteiger partial charge < -0.3 is 20.5 Å². The Morgan fingerprint density at radius 3 is 2.22 bits per heavy atom. The van der Waals surface area contributed by atoms with Crippen molar-refractivity contribution in [1.29, 1.82) is 0 Å². The molecule has 0 aliphatic rings. The highest BCUT2D eigenvalue weighted by atomic mass is 16.6.